The summed E-state index contributed by atoms with van der Waals surface area (Å²) in [5.41, 5.74) is 20.2. The number of guanidine groups is 2. The zero-order chi connectivity index (χ0) is 32.4. The van der Waals surface area contributed by atoms with E-state index in [2.05, 4.69) is 31.3 Å². The average molecular weight is 607 g/mol. The van der Waals surface area contributed by atoms with Gasteiger partial charge in [-0.3, -0.25) is 24.4 Å². The maximum absolute atomic E-state index is 13.3. The number of rotatable bonds is 19. The van der Waals surface area contributed by atoms with Crippen LogP contribution in [-0.2, 0) is 19.2 Å². The Morgan fingerprint density at radius 2 is 1.56 bits per heavy atom. The van der Waals surface area contributed by atoms with Crippen LogP contribution in [0.3, 0.4) is 0 Å². The van der Waals surface area contributed by atoms with Gasteiger partial charge >= 0.3 is 12.0 Å². The van der Waals surface area contributed by atoms with Crippen molar-refractivity contribution in [2.45, 2.75) is 70.5 Å². The van der Waals surface area contributed by atoms with Crippen LogP contribution in [0.5, 0.6) is 0 Å². The summed E-state index contributed by atoms with van der Waals surface area (Å²) in [6, 6.07) is -3.59. The van der Waals surface area contributed by atoms with Gasteiger partial charge in [0.1, 0.15) is 18.4 Å². The van der Waals surface area contributed by atoms with E-state index >= 15 is 0 Å². The fourth-order valence-corrected chi connectivity index (χ4v) is 4.25. The standard InChI is InChI=1S/C27H46N10O6/c1-17(2)20(22(40)35-18(16-38)8-6-13-32-24(28)29)37-21(39)19(9-7-14-33-25(30)31)36-26(43)34-15-12-27(23(41)42)10-4-3-5-11-27/h3-5,10,16-20H,6-9,11-15H2,1-2H3,(H,35,40)(H,37,39)(H,41,42)(H4,28,29,32)(H4,30,31,33)(H2,34,36,43)/t18?,19-,20-,27?/m0/s1. The van der Waals surface area contributed by atoms with Gasteiger partial charge in [0.2, 0.25) is 11.8 Å². The number of carbonyl (C=O) groups excluding carboxylic acids is 4. The fraction of sp³-hybridized carbons (Fsp3) is 0.593. The Balaban J connectivity index is 2.88. The monoisotopic (exact) mass is 606 g/mol. The summed E-state index contributed by atoms with van der Waals surface area (Å²) in [5.74, 6) is -2.77. The molecule has 0 saturated heterocycles. The van der Waals surface area contributed by atoms with Crippen molar-refractivity contribution in [3.63, 3.8) is 0 Å². The highest BCUT2D eigenvalue weighted by Gasteiger charge is 2.35. The molecule has 240 valence electrons. The van der Waals surface area contributed by atoms with Crippen molar-refractivity contribution in [3.8, 4) is 0 Å². The highest BCUT2D eigenvalue weighted by molar-refractivity contribution is 5.92. The molecule has 1 aliphatic rings. The number of aliphatic carboxylic acids is 1. The van der Waals surface area contributed by atoms with Crippen molar-refractivity contribution in [3.05, 3.63) is 24.3 Å². The number of hydrogen-bond acceptors (Lipinski definition) is 7. The van der Waals surface area contributed by atoms with Crippen LogP contribution in [0.1, 0.15) is 52.4 Å². The molecule has 13 N–H and O–H groups in total. The minimum Gasteiger partial charge on any atom is -0.481 e. The molecule has 0 heterocycles. The van der Waals surface area contributed by atoms with E-state index in [0.29, 0.717) is 19.1 Å². The summed E-state index contributed by atoms with van der Waals surface area (Å²) in [5, 5.41) is 20.2. The lowest BCUT2D eigenvalue weighted by molar-refractivity contribution is -0.146. The third-order valence-corrected chi connectivity index (χ3v) is 6.70. The minimum absolute atomic E-state index is 0.0337. The van der Waals surface area contributed by atoms with Gasteiger partial charge in [0.05, 0.1) is 11.5 Å². The van der Waals surface area contributed by atoms with Crippen molar-refractivity contribution in [2.75, 3.05) is 19.6 Å². The molecule has 0 bridgehead atoms. The van der Waals surface area contributed by atoms with E-state index < -0.39 is 47.4 Å². The predicted octanol–water partition coefficient (Wildman–Crippen LogP) is -1.44. The Morgan fingerprint density at radius 1 is 0.930 bits per heavy atom. The van der Waals surface area contributed by atoms with Crippen molar-refractivity contribution < 1.29 is 29.1 Å². The molecule has 4 amide bonds. The molecule has 16 heteroatoms. The van der Waals surface area contributed by atoms with Crippen LogP contribution in [0.4, 0.5) is 4.79 Å². The van der Waals surface area contributed by atoms with E-state index in [9.17, 15) is 29.1 Å². The first kappa shape index (κ1) is 36.4. The Bertz CT molecular complexity index is 1080. The molecule has 4 atom stereocenters. The van der Waals surface area contributed by atoms with Gasteiger partial charge in [0, 0.05) is 19.6 Å². The van der Waals surface area contributed by atoms with Crippen molar-refractivity contribution >= 4 is 42.0 Å². The molecule has 0 saturated carbocycles. The zero-order valence-corrected chi connectivity index (χ0v) is 24.8. The molecule has 43 heavy (non-hydrogen) atoms. The topological polar surface area (TPSA) is 282 Å². The van der Waals surface area contributed by atoms with Gasteiger partial charge in [-0.25, -0.2) is 4.79 Å². The van der Waals surface area contributed by atoms with E-state index in [1.807, 2.05) is 0 Å². The molecule has 0 aromatic carbocycles. The number of nitrogens with two attached hydrogens (primary N) is 4. The van der Waals surface area contributed by atoms with Gasteiger partial charge < -0.3 is 54.1 Å². The molecule has 0 radical (unpaired) electrons. The summed E-state index contributed by atoms with van der Waals surface area (Å²) in [4.78, 5) is 70.2. The van der Waals surface area contributed by atoms with Crippen molar-refractivity contribution in [1.29, 1.82) is 0 Å². The van der Waals surface area contributed by atoms with Crippen LogP contribution < -0.4 is 44.2 Å². The van der Waals surface area contributed by atoms with Gasteiger partial charge in [-0.05, 0) is 44.4 Å². The lowest BCUT2D eigenvalue weighted by atomic mass is 9.79. The molecule has 2 unspecified atom stereocenters. The number of nitrogens with zero attached hydrogens (tertiary/aromatic N) is 2. The van der Waals surface area contributed by atoms with Gasteiger partial charge in [-0.15, -0.1) is 0 Å². The number of carboxylic acid groups (broad SMARTS) is 1. The maximum atomic E-state index is 13.3. The number of nitrogens with one attached hydrogen (secondary N) is 4. The quantitative estimate of drug-likeness (QED) is 0.0357. The fourth-order valence-electron chi connectivity index (χ4n) is 4.25. The predicted molar refractivity (Wildman–Crippen MR) is 162 cm³/mol. The Morgan fingerprint density at radius 3 is 2.07 bits per heavy atom. The lowest BCUT2D eigenvalue weighted by Crippen LogP contribution is -2.57. The summed E-state index contributed by atoms with van der Waals surface area (Å²) in [7, 11) is 0. The van der Waals surface area contributed by atoms with E-state index in [4.69, 9.17) is 22.9 Å². The highest BCUT2D eigenvalue weighted by atomic mass is 16.4. The summed E-state index contributed by atoms with van der Waals surface area (Å²) >= 11 is 0. The lowest BCUT2D eigenvalue weighted by Gasteiger charge is -2.27. The van der Waals surface area contributed by atoms with Crippen LogP contribution >= 0.6 is 0 Å². The molecule has 0 fully saturated rings. The van der Waals surface area contributed by atoms with Crippen molar-refractivity contribution in [1.82, 2.24) is 21.3 Å². The number of aliphatic imine (C=N–C) groups is 2. The Hall–Kier alpha value is -4.63. The molecule has 0 aliphatic heterocycles. The smallest absolute Gasteiger partial charge is 0.315 e. The van der Waals surface area contributed by atoms with Crippen LogP contribution in [0.25, 0.3) is 0 Å². The Labute approximate surface area is 251 Å². The number of amides is 4. The zero-order valence-electron chi connectivity index (χ0n) is 24.8. The molecule has 0 spiro atoms. The minimum atomic E-state index is -1.14. The molecule has 16 nitrogen and oxygen atoms in total. The number of carboxylic acids is 1. The highest BCUT2D eigenvalue weighted by Crippen LogP contribution is 2.31. The van der Waals surface area contributed by atoms with Crippen molar-refractivity contribution in [2.24, 2.45) is 44.3 Å². The average Bonchev–Trinajstić information content (AvgIpc) is 2.94. The normalized spacial score (nSPS) is 17.6. The van der Waals surface area contributed by atoms with Crippen LogP contribution in [-0.4, -0.2) is 84.9 Å². The number of allylic oxidation sites excluding steroid dienone is 3. The molecular weight excluding hydrogens is 560 g/mol. The second-order valence-corrected chi connectivity index (χ2v) is 10.5. The van der Waals surface area contributed by atoms with E-state index in [1.54, 1.807) is 38.2 Å². The molecule has 1 rings (SSSR count). The number of hydrogen-bond donors (Lipinski definition) is 9. The van der Waals surface area contributed by atoms with E-state index in [0.717, 1.165) is 0 Å². The number of aldehydes is 1. The second kappa shape index (κ2) is 18.7. The van der Waals surface area contributed by atoms with Gasteiger partial charge in [0.15, 0.2) is 11.9 Å². The van der Waals surface area contributed by atoms with Gasteiger partial charge in [0.25, 0.3) is 0 Å². The Kier molecular flexibility index (Phi) is 15.9. The largest absolute Gasteiger partial charge is 0.481 e. The second-order valence-electron chi connectivity index (χ2n) is 10.5. The first-order valence-corrected chi connectivity index (χ1v) is 14.1. The third kappa shape index (κ3) is 13.7. The molecule has 1 aliphatic carbocycles. The molecule has 0 aromatic rings. The van der Waals surface area contributed by atoms with E-state index in [-0.39, 0.29) is 63.2 Å². The first-order valence-electron chi connectivity index (χ1n) is 14.1. The summed E-state index contributed by atoms with van der Waals surface area (Å²) in [6.45, 7) is 3.96. The van der Waals surface area contributed by atoms with Gasteiger partial charge in [-0.2, -0.15) is 0 Å². The number of carbonyl (C=O) groups is 5. The number of urea groups is 1. The van der Waals surface area contributed by atoms with E-state index in [1.165, 1.54) is 0 Å². The van der Waals surface area contributed by atoms with Crippen LogP contribution in [0, 0.1) is 11.3 Å². The molecular formula is C27H46N10O6. The first-order chi connectivity index (χ1) is 20.3. The third-order valence-electron chi connectivity index (χ3n) is 6.70. The summed E-state index contributed by atoms with van der Waals surface area (Å²) < 4.78 is 0. The molecule has 0 aromatic heterocycles. The van der Waals surface area contributed by atoms with Crippen LogP contribution in [0.15, 0.2) is 34.3 Å². The van der Waals surface area contributed by atoms with Crippen LogP contribution in [0.2, 0.25) is 0 Å². The summed E-state index contributed by atoms with van der Waals surface area (Å²) in [6.07, 6.45) is 8.96. The SMILES string of the molecule is CC(C)[C@H](NC(=O)[C@H](CCCN=C(N)N)NC(=O)NCCC1(C(=O)O)C=CC=CC1)C(=O)NC(C=O)CCCN=C(N)N. The van der Waals surface area contributed by atoms with Gasteiger partial charge in [-0.1, -0.05) is 38.2 Å². The maximum Gasteiger partial charge on any atom is 0.315 e.